The molecule has 0 saturated heterocycles. The summed E-state index contributed by atoms with van der Waals surface area (Å²) in [7, 11) is 0. The molecule has 0 radical (unpaired) electrons. The van der Waals surface area contributed by atoms with Crippen molar-refractivity contribution in [3.05, 3.63) is 61.9 Å². The second kappa shape index (κ2) is 6.07. The van der Waals surface area contributed by atoms with Gasteiger partial charge in [-0.1, -0.05) is 23.2 Å². The van der Waals surface area contributed by atoms with Crippen molar-refractivity contribution < 1.29 is 9.72 Å². The van der Waals surface area contributed by atoms with Crippen LogP contribution in [0.25, 0.3) is 0 Å². The molecule has 108 valence electrons. The molecule has 1 amide bonds. The van der Waals surface area contributed by atoms with E-state index in [0.717, 1.165) is 5.56 Å². The number of halogens is 2. The third kappa shape index (κ3) is 3.29. The topological polar surface area (TPSA) is 85.1 Å². The minimum atomic E-state index is -0.737. The number of aryl methyl sites for hydroxylation is 1. The maximum Gasteiger partial charge on any atom is 0.319 e. The summed E-state index contributed by atoms with van der Waals surface area (Å²) in [6, 6.07) is 6.14. The molecule has 1 aromatic heterocycles. The first-order valence-electron chi connectivity index (χ1n) is 5.76. The third-order valence-corrected chi connectivity index (χ3v) is 3.26. The van der Waals surface area contributed by atoms with Crippen LogP contribution in [0.5, 0.6) is 0 Å². The molecular formula is C13H9Cl2N3O3. The van der Waals surface area contributed by atoms with E-state index >= 15 is 0 Å². The molecule has 0 saturated carbocycles. The van der Waals surface area contributed by atoms with Crippen LogP contribution in [-0.2, 0) is 0 Å². The fourth-order valence-corrected chi connectivity index (χ4v) is 2.20. The zero-order valence-corrected chi connectivity index (χ0v) is 12.3. The normalized spacial score (nSPS) is 10.2. The molecule has 1 heterocycles. The van der Waals surface area contributed by atoms with Gasteiger partial charge in [0, 0.05) is 16.9 Å². The number of carbonyl (C=O) groups excluding carboxylic acids is 1. The zero-order chi connectivity index (χ0) is 15.6. The molecule has 8 heteroatoms. The lowest BCUT2D eigenvalue weighted by Crippen LogP contribution is -2.15. The highest BCUT2D eigenvalue weighted by atomic mass is 35.5. The first kappa shape index (κ1) is 15.2. The first-order chi connectivity index (χ1) is 9.90. The lowest BCUT2D eigenvalue weighted by Gasteiger charge is -2.09. The molecule has 0 unspecified atom stereocenters. The van der Waals surface area contributed by atoms with E-state index in [9.17, 15) is 14.9 Å². The van der Waals surface area contributed by atoms with Gasteiger partial charge in [-0.2, -0.15) is 0 Å². The molecule has 6 nitrogen and oxygen atoms in total. The van der Waals surface area contributed by atoms with Crippen molar-refractivity contribution in [1.82, 2.24) is 4.98 Å². The van der Waals surface area contributed by atoms with Gasteiger partial charge < -0.3 is 5.32 Å². The molecule has 0 spiro atoms. The van der Waals surface area contributed by atoms with Gasteiger partial charge >= 0.3 is 5.69 Å². The van der Waals surface area contributed by atoms with Crippen LogP contribution >= 0.6 is 23.2 Å². The minimum absolute atomic E-state index is 0.158. The number of hydrogen-bond acceptors (Lipinski definition) is 4. The Labute approximate surface area is 129 Å². The standard InChI is InChI=1S/C13H9Cl2N3O3/c1-7-6-8(14)2-3-10(7)17-13(19)9-4-5-16-12(15)11(9)18(20)21/h2-6H,1H3,(H,17,19). The lowest BCUT2D eigenvalue weighted by molar-refractivity contribution is -0.385. The monoisotopic (exact) mass is 325 g/mol. The number of hydrogen-bond donors (Lipinski definition) is 1. The van der Waals surface area contributed by atoms with E-state index in [1.165, 1.54) is 12.3 Å². The van der Waals surface area contributed by atoms with Crippen LogP contribution in [0.4, 0.5) is 11.4 Å². The van der Waals surface area contributed by atoms with E-state index in [2.05, 4.69) is 10.3 Å². The molecule has 2 rings (SSSR count). The summed E-state index contributed by atoms with van der Waals surface area (Å²) >= 11 is 11.5. The number of nitrogens with one attached hydrogen (secondary N) is 1. The smallest absolute Gasteiger partial charge is 0.319 e. The Morgan fingerprint density at radius 1 is 1.33 bits per heavy atom. The Hall–Kier alpha value is -2.18. The van der Waals surface area contributed by atoms with Crippen molar-refractivity contribution >= 4 is 40.5 Å². The quantitative estimate of drug-likeness (QED) is 0.527. The van der Waals surface area contributed by atoms with E-state index in [4.69, 9.17) is 23.2 Å². The van der Waals surface area contributed by atoms with Crippen molar-refractivity contribution in [2.75, 3.05) is 5.32 Å². The van der Waals surface area contributed by atoms with Crippen LogP contribution < -0.4 is 5.32 Å². The van der Waals surface area contributed by atoms with E-state index in [0.29, 0.717) is 10.7 Å². The van der Waals surface area contributed by atoms with Gasteiger partial charge in [-0.05, 0) is 36.8 Å². The minimum Gasteiger partial charge on any atom is -0.322 e. The molecular weight excluding hydrogens is 317 g/mol. The van der Waals surface area contributed by atoms with Crippen molar-refractivity contribution in [3.63, 3.8) is 0 Å². The Morgan fingerprint density at radius 3 is 2.67 bits per heavy atom. The highest BCUT2D eigenvalue weighted by Crippen LogP contribution is 2.27. The highest BCUT2D eigenvalue weighted by Gasteiger charge is 2.25. The maximum atomic E-state index is 12.2. The average molecular weight is 326 g/mol. The van der Waals surface area contributed by atoms with Crippen LogP contribution in [-0.4, -0.2) is 15.8 Å². The summed E-state index contributed by atoms with van der Waals surface area (Å²) in [5.74, 6) is -0.642. The molecule has 0 atom stereocenters. The molecule has 21 heavy (non-hydrogen) atoms. The maximum absolute atomic E-state index is 12.2. The van der Waals surface area contributed by atoms with Gasteiger partial charge in [-0.25, -0.2) is 4.98 Å². The number of benzene rings is 1. The summed E-state index contributed by atoms with van der Waals surface area (Å²) < 4.78 is 0. The van der Waals surface area contributed by atoms with E-state index in [1.54, 1.807) is 25.1 Å². The van der Waals surface area contributed by atoms with Gasteiger partial charge in [0.1, 0.15) is 5.56 Å². The number of pyridine rings is 1. The second-order valence-corrected chi connectivity index (χ2v) is 4.96. The van der Waals surface area contributed by atoms with Gasteiger partial charge in [-0.15, -0.1) is 0 Å². The SMILES string of the molecule is Cc1cc(Cl)ccc1NC(=O)c1ccnc(Cl)c1[N+](=O)[O-]. The molecule has 0 bridgehead atoms. The van der Waals surface area contributed by atoms with Crippen LogP contribution in [0.3, 0.4) is 0 Å². The summed E-state index contributed by atoms with van der Waals surface area (Å²) in [4.78, 5) is 26.1. The predicted molar refractivity (Wildman–Crippen MR) is 80.0 cm³/mol. The van der Waals surface area contributed by atoms with Gasteiger partial charge in [0.05, 0.1) is 4.92 Å². The largest absolute Gasteiger partial charge is 0.322 e. The van der Waals surface area contributed by atoms with Crippen molar-refractivity contribution in [2.45, 2.75) is 6.92 Å². The van der Waals surface area contributed by atoms with Gasteiger partial charge in [0.15, 0.2) is 0 Å². The van der Waals surface area contributed by atoms with Crippen molar-refractivity contribution in [3.8, 4) is 0 Å². The summed E-state index contributed by atoms with van der Waals surface area (Å²) in [5, 5.41) is 13.8. The van der Waals surface area contributed by atoms with Gasteiger partial charge in [0.2, 0.25) is 5.15 Å². The molecule has 0 aliphatic rings. The summed E-state index contributed by atoms with van der Waals surface area (Å²) in [6.07, 6.45) is 1.24. The number of nitro groups is 1. The molecule has 2 aromatic rings. The molecule has 0 aliphatic carbocycles. The van der Waals surface area contributed by atoms with Crippen molar-refractivity contribution in [2.24, 2.45) is 0 Å². The van der Waals surface area contributed by atoms with Gasteiger partial charge in [0.25, 0.3) is 5.91 Å². The molecule has 1 aromatic carbocycles. The fraction of sp³-hybridized carbons (Fsp3) is 0.0769. The predicted octanol–water partition coefficient (Wildman–Crippen LogP) is 3.86. The fourth-order valence-electron chi connectivity index (χ4n) is 1.74. The Bertz CT molecular complexity index is 735. The van der Waals surface area contributed by atoms with Crippen LogP contribution in [0, 0.1) is 17.0 Å². The summed E-state index contributed by atoms with van der Waals surface area (Å²) in [5.41, 5.74) is 0.558. The number of amides is 1. The Kier molecular flexibility index (Phi) is 4.40. The molecule has 0 aliphatic heterocycles. The number of anilines is 1. The number of aromatic nitrogens is 1. The van der Waals surface area contributed by atoms with Crippen LogP contribution in [0.15, 0.2) is 30.5 Å². The Morgan fingerprint density at radius 2 is 2.05 bits per heavy atom. The van der Waals surface area contributed by atoms with E-state index in [1.807, 2.05) is 0 Å². The molecule has 0 fully saturated rings. The number of rotatable bonds is 3. The lowest BCUT2D eigenvalue weighted by atomic mass is 10.1. The number of carbonyl (C=O) groups is 1. The van der Waals surface area contributed by atoms with E-state index < -0.39 is 16.5 Å². The van der Waals surface area contributed by atoms with E-state index in [-0.39, 0.29) is 10.7 Å². The first-order valence-corrected chi connectivity index (χ1v) is 6.52. The van der Waals surface area contributed by atoms with Crippen molar-refractivity contribution in [1.29, 1.82) is 0 Å². The third-order valence-electron chi connectivity index (χ3n) is 2.74. The second-order valence-electron chi connectivity index (χ2n) is 4.17. The zero-order valence-electron chi connectivity index (χ0n) is 10.8. The van der Waals surface area contributed by atoms with Crippen LogP contribution in [0.1, 0.15) is 15.9 Å². The Balaban J connectivity index is 2.37. The highest BCUT2D eigenvalue weighted by molar-refractivity contribution is 6.32. The summed E-state index contributed by atoms with van der Waals surface area (Å²) in [6.45, 7) is 1.76. The van der Waals surface area contributed by atoms with Gasteiger partial charge in [-0.3, -0.25) is 14.9 Å². The average Bonchev–Trinajstić information content (AvgIpc) is 2.41. The number of nitrogens with zero attached hydrogens (tertiary/aromatic N) is 2. The molecule has 1 N–H and O–H groups in total. The van der Waals surface area contributed by atoms with Crippen LogP contribution in [0.2, 0.25) is 10.2 Å².